The number of hydrogen-bond donors (Lipinski definition) is 0. The highest BCUT2D eigenvalue weighted by Gasteiger charge is 2.06. The molecule has 0 aliphatic carbocycles. The minimum Gasteiger partial charge on any atom is -0.383 e. The molecule has 0 unspecified atom stereocenters. The fourth-order valence-corrected chi connectivity index (χ4v) is 1.08. The van der Waals surface area contributed by atoms with Gasteiger partial charge in [-0.1, -0.05) is 0 Å². The van der Waals surface area contributed by atoms with E-state index in [1.54, 1.807) is 23.9 Å². The fourth-order valence-electron chi connectivity index (χ4n) is 1.08. The molecule has 0 aliphatic rings. The zero-order valence-corrected chi connectivity index (χ0v) is 8.93. The van der Waals surface area contributed by atoms with E-state index in [4.69, 9.17) is 5.26 Å². The van der Waals surface area contributed by atoms with Gasteiger partial charge >= 0.3 is 0 Å². The Morgan fingerprint density at radius 2 is 2.27 bits per heavy atom. The van der Waals surface area contributed by atoms with E-state index in [2.05, 4.69) is 4.98 Å². The standard InChI is InChI=1S/C10H12N4O/c1-13(2)5-4-9-8(6-11)10(15)12-7-14(9)3/h4-5,7H,1-3H3/b5-4+. The van der Waals surface area contributed by atoms with E-state index in [0.29, 0.717) is 5.69 Å². The highest BCUT2D eigenvalue weighted by molar-refractivity contribution is 5.53. The molecule has 1 rings (SSSR count). The molecule has 1 aromatic heterocycles. The monoisotopic (exact) mass is 204 g/mol. The van der Waals surface area contributed by atoms with E-state index in [1.807, 2.05) is 25.1 Å². The molecule has 0 saturated carbocycles. The summed E-state index contributed by atoms with van der Waals surface area (Å²) in [7, 11) is 5.46. The smallest absolute Gasteiger partial charge is 0.291 e. The molecule has 0 N–H and O–H groups in total. The average molecular weight is 204 g/mol. The maximum atomic E-state index is 11.3. The van der Waals surface area contributed by atoms with Crippen LogP contribution in [0.1, 0.15) is 11.3 Å². The Morgan fingerprint density at radius 3 is 2.80 bits per heavy atom. The summed E-state index contributed by atoms with van der Waals surface area (Å²) in [5.74, 6) is 0. The third kappa shape index (κ3) is 2.44. The first-order valence-electron chi connectivity index (χ1n) is 4.36. The van der Waals surface area contributed by atoms with E-state index in [0.717, 1.165) is 0 Å². The number of hydrogen-bond acceptors (Lipinski definition) is 4. The van der Waals surface area contributed by atoms with E-state index < -0.39 is 5.56 Å². The summed E-state index contributed by atoms with van der Waals surface area (Å²) in [6.07, 6.45) is 4.88. The minimum absolute atomic E-state index is 0.0677. The highest BCUT2D eigenvalue weighted by Crippen LogP contribution is 2.03. The minimum atomic E-state index is -0.492. The van der Waals surface area contributed by atoms with Crippen LogP contribution in [-0.4, -0.2) is 28.5 Å². The van der Waals surface area contributed by atoms with Gasteiger partial charge in [-0.15, -0.1) is 0 Å². The molecular weight excluding hydrogens is 192 g/mol. The first kappa shape index (κ1) is 11.0. The summed E-state index contributed by atoms with van der Waals surface area (Å²) < 4.78 is 1.64. The number of aromatic nitrogens is 2. The Hall–Kier alpha value is -2.09. The molecule has 15 heavy (non-hydrogen) atoms. The summed E-state index contributed by atoms with van der Waals surface area (Å²) in [6, 6.07) is 1.86. The maximum absolute atomic E-state index is 11.3. The third-order valence-corrected chi connectivity index (χ3v) is 1.84. The number of nitriles is 1. The molecule has 5 nitrogen and oxygen atoms in total. The summed E-state index contributed by atoms with van der Waals surface area (Å²) in [6.45, 7) is 0. The van der Waals surface area contributed by atoms with Gasteiger partial charge < -0.3 is 9.47 Å². The molecular formula is C10H12N4O. The lowest BCUT2D eigenvalue weighted by Gasteiger charge is -2.07. The molecule has 1 heterocycles. The zero-order chi connectivity index (χ0) is 11.4. The van der Waals surface area contributed by atoms with Gasteiger partial charge in [0.25, 0.3) is 5.56 Å². The van der Waals surface area contributed by atoms with Gasteiger partial charge in [-0.25, -0.2) is 0 Å². The van der Waals surface area contributed by atoms with Crippen LogP contribution >= 0.6 is 0 Å². The summed E-state index contributed by atoms with van der Waals surface area (Å²) in [5, 5.41) is 8.84. The van der Waals surface area contributed by atoms with Crippen LogP contribution in [0, 0.1) is 11.3 Å². The van der Waals surface area contributed by atoms with Crippen molar-refractivity contribution in [1.82, 2.24) is 14.5 Å². The molecule has 0 aromatic carbocycles. The van der Waals surface area contributed by atoms with Crippen molar-refractivity contribution in [2.24, 2.45) is 7.05 Å². The van der Waals surface area contributed by atoms with Crippen molar-refractivity contribution in [2.75, 3.05) is 14.1 Å². The third-order valence-electron chi connectivity index (χ3n) is 1.84. The SMILES string of the molecule is CN(C)/C=C/c1c(C#N)c(=O)ncn1C. The van der Waals surface area contributed by atoms with Gasteiger partial charge in [0.15, 0.2) is 0 Å². The molecule has 5 heteroatoms. The summed E-state index contributed by atoms with van der Waals surface area (Å²) >= 11 is 0. The number of rotatable bonds is 2. The summed E-state index contributed by atoms with van der Waals surface area (Å²) in [4.78, 5) is 16.7. The van der Waals surface area contributed by atoms with Crippen LogP contribution in [0.3, 0.4) is 0 Å². The molecule has 0 amide bonds. The van der Waals surface area contributed by atoms with Crippen LogP contribution in [0.15, 0.2) is 17.3 Å². The van der Waals surface area contributed by atoms with E-state index in [-0.39, 0.29) is 5.56 Å². The number of nitrogens with zero attached hydrogens (tertiary/aromatic N) is 4. The first-order chi connectivity index (χ1) is 7.06. The fraction of sp³-hybridized carbons (Fsp3) is 0.300. The maximum Gasteiger partial charge on any atom is 0.291 e. The van der Waals surface area contributed by atoms with Crippen LogP contribution in [0.2, 0.25) is 0 Å². The Bertz CT molecular complexity index is 479. The molecule has 78 valence electrons. The lowest BCUT2D eigenvalue weighted by Crippen LogP contribution is -2.17. The van der Waals surface area contributed by atoms with Gasteiger partial charge in [0, 0.05) is 27.3 Å². The van der Waals surface area contributed by atoms with Crippen molar-refractivity contribution in [3.63, 3.8) is 0 Å². The molecule has 0 aliphatic heterocycles. The van der Waals surface area contributed by atoms with Crippen molar-refractivity contribution in [3.05, 3.63) is 34.1 Å². The quantitative estimate of drug-likeness (QED) is 0.689. The Kier molecular flexibility index (Phi) is 3.24. The molecule has 0 fully saturated rings. The van der Waals surface area contributed by atoms with Crippen LogP contribution in [0.5, 0.6) is 0 Å². The van der Waals surface area contributed by atoms with Crippen molar-refractivity contribution < 1.29 is 0 Å². The lowest BCUT2D eigenvalue weighted by molar-refractivity contribution is 0.567. The summed E-state index contributed by atoms with van der Waals surface area (Å²) in [5.41, 5.74) is 0.137. The Labute approximate surface area is 87.9 Å². The van der Waals surface area contributed by atoms with Crippen molar-refractivity contribution >= 4 is 6.08 Å². The van der Waals surface area contributed by atoms with Gasteiger partial charge in [-0.05, 0) is 6.08 Å². The van der Waals surface area contributed by atoms with Crippen molar-refractivity contribution in [3.8, 4) is 6.07 Å². The largest absolute Gasteiger partial charge is 0.383 e. The van der Waals surface area contributed by atoms with Crippen LogP contribution in [-0.2, 0) is 7.05 Å². The molecule has 0 atom stereocenters. The van der Waals surface area contributed by atoms with Gasteiger partial charge in [0.05, 0.1) is 12.0 Å². The lowest BCUT2D eigenvalue weighted by atomic mass is 10.2. The van der Waals surface area contributed by atoms with Crippen molar-refractivity contribution in [2.45, 2.75) is 0 Å². The topological polar surface area (TPSA) is 61.9 Å². The molecule has 1 aromatic rings. The van der Waals surface area contributed by atoms with Crippen molar-refractivity contribution in [1.29, 1.82) is 5.26 Å². The molecule has 0 bridgehead atoms. The molecule has 0 saturated heterocycles. The Morgan fingerprint density at radius 1 is 1.60 bits per heavy atom. The van der Waals surface area contributed by atoms with Gasteiger partial charge in [0.1, 0.15) is 11.6 Å². The van der Waals surface area contributed by atoms with Crippen LogP contribution < -0.4 is 5.56 Å². The van der Waals surface area contributed by atoms with Gasteiger partial charge in [0.2, 0.25) is 0 Å². The first-order valence-corrected chi connectivity index (χ1v) is 4.36. The van der Waals surface area contributed by atoms with Gasteiger partial charge in [-0.2, -0.15) is 10.2 Å². The molecule has 0 radical (unpaired) electrons. The molecule has 0 spiro atoms. The number of aryl methyl sites for hydroxylation is 1. The van der Waals surface area contributed by atoms with E-state index in [9.17, 15) is 4.79 Å². The van der Waals surface area contributed by atoms with E-state index >= 15 is 0 Å². The van der Waals surface area contributed by atoms with Gasteiger partial charge in [-0.3, -0.25) is 4.79 Å². The highest BCUT2D eigenvalue weighted by atomic mass is 16.1. The average Bonchev–Trinajstić information content (AvgIpc) is 2.19. The van der Waals surface area contributed by atoms with Crippen LogP contribution in [0.25, 0.3) is 6.08 Å². The Balaban J connectivity index is 3.34. The second kappa shape index (κ2) is 4.42. The second-order valence-corrected chi connectivity index (χ2v) is 3.31. The zero-order valence-electron chi connectivity index (χ0n) is 8.93. The predicted molar refractivity (Wildman–Crippen MR) is 56.9 cm³/mol. The van der Waals surface area contributed by atoms with Crippen LogP contribution in [0.4, 0.5) is 0 Å². The second-order valence-electron chi connectivity index (χ2n) is 3.31. The van der Waals surface area contributed by atoms with E-state index in [1.165, 1.54) is 6.33 Å². The normalized spacial score (nSPS) is 10.3. The predicted octanol–water partition coefficient (Wildman–Crippen LogP) is 0.184.